The minimum Gasteiger partial charge on any atom is -0.507 e. The monoisotopic (exact) mass is 284 g/mol. The first-order valence-corrected chi connectivity index (χ1v) is 7.15. The lowest BCUT2D eigenvalue weighted by atomic mass is 9.85. The SMILES string of the molecule is Cc1ccc(C(=S)c2cc(C(C)(C)C)ccc2O)cc1. The number of aromatic hydroxyl groups is 1. The first kappa shape index (κ1) is 14.7. The summed E-state index contributed by atoms with van der Waals surface area (Å²) in [6, 6.07) is 13.8. The van der Waals surface area contributed by atoms with Crippen LogP contribution >= 0.6 is 12.2 Å². The van der Waals surface area contributed by atoms with Gasteiger partial charge in [-0.25, -0.2) is 0 Å². The molecule has 2 aromatic rings. The van der Waals surface area contributed by atoms with Crippen LogP contribution in [0.4, 0.5) is 0 Å². The molecule has 0 bridgehead atoms. The molecule has 0 atom stereocenters. The molecular formula is C18H20OS. The lowest BCUT2D eigenvalue weighted by Crippen LogP contribution is -2.12. The molecule has 0 radical (unpaired) electrons. The maximum Gasteiger partial charge on any atom is 0.124 e. The maximum absolute atomic E-state index is 10.1. The summed E-state index contributed by atoms with van der Waals surface area (Å²) in [6.45, 7) is 8.50. The Morgan fingerprint density at radius 1 is 1.00 bits per heavy atom. The molecule has 1 N–H and O–H groups in total. The molecular weight excluding hydrogens is 264 g/mol. The van der Waals surface area contributed by atoms with E-state index in [1.165, 1.54) is 11.1 Å². The van der Waals surface area contributed by atoms with Gasteiger partial charge in [0.2, 0.25) is 0 Å². The predicted octanol–water partition coefficient (Wildman–Crippen LogP) is 4.76. The molecule has 0 saturated heterocycles. The molecule has 0 aliphatic heterocycles. The van der Waals surface area contributed by atoms with Gasteiger partial charge in [-0.05, 0) is 35.6 Å². The molecule has 2 rings (SSSR count). The standard InChI is InChI=1S/C18H20OS/c1-12-5-7-13(8-6-12)17(20)15-11-14(18(2,3)4)9-10-16(15)19/h5-11,19H,1-4H3. The average molecular weight is 284 g/mol. The molecule has 0 spiro atoms. The van der Waals surface area contributed by atoms with Crippen molar-refractivity contribution in [2.24, 2.45) is 0 Å². The number of hydrogen-bond acceptors (Lipinski definition) is 2. The third kappa shape index (κ3) is 3.07. The second-order valence-corrected chi connectivity index (χ2v) is 6.59. The van der Waals surface area contributed by atoms with Crippen molar-refractivity contribution in [2.45, 2.75) is 33.1 Å². The summed E-state index contributed by atoms with van der Waals surface area (Å²) in [5.41, 5.74) is 4.10. The molecule has 0 amide bonds. The van der Waals surface area contributed by atoms with Gasteiger partial charge in [0.05, 0.1) is 4.86 Å². The fourth-order valence-electron chi connectivity index (χ4n) is 2.04. The van der Waals surface area contributed by atoms with Crippen molar-refractivity contribution in [3.05, 3.63) is 64.7 Å². The van der Waals surface area contributed by atoms with Crippen molar-refractivity contribution >= 4 is 17.1 Å². The number of phenols is 1. The van der Waals surface area contributed by atoms with E-state index in [-0.39, 0.29) is 11.2 Å². The van der Waals surface area contributed by atoms with E-state index in [2.05, 4.69) is 20.8 Å². The van der Waals surface area contributed by atoms with Crippen LogP contribution in [0.25, 0.3) is 0 Å². The Labute approximate surface area is 126 Å². The summed E-state index contributed by atoms with van der Waals surface area (Å²) in [6.07, 6.45) is 0. The fourth-order valence-corrected chi connectivity index (χ4v) is 2.34. The molecule has 0 aromatic heterocycles. The minimum absolute atomic E-state index is 0.0331. The molecule has 0 saturated carbocycles. The Morgan fingerprint density at radius 3 is 2.15 bits per heavy atom. The summed E-state index contributed by atoms with van der Waals surface area (Å²) in [5.74, 6) is 0.239. The number of thiocarbonyl (C=S) groups is 1. The van der Waals surface area contributed by atoms with Crippen molar-refractivity contribution in [1.82, 2.24) is 0 Å². The van der Waals surface area contributed by atoms with Crippen LogP contribution in [-0.2, 0) is 5.41 Å². The van der Waals surface area contributed by atoms with Crippen LogP contribution < -0.4 is 0 Å². The topological polar surface area (TPSA) is 20.2 Å². The molecule has 2 heteroatoms. The van der Waals surface area contributed by atoms with Gasteiger partial charge in [0.1, 0.15) is 5.75 Å². The number of aryl methyl sites for hydroxylation is 1. The van der Waals surface area contributed by atoms with E-state index in [4.69, 9.17) is 12.2 Å². The van der Waals surface area contributed by atoms with E-state index in [1.54, 1.807) is 6.07 Å². The largest absolute Gasteiger partial charge is 0.507 e. The van der Waals surface area contributed by atoms with Crippen molar-refractivity contribution in [2.75, 3.05) is 0 Å². The van der Waals surface area contributed by atoms with Crippen LogP contribution in [-0.4, -0.2) is 9.97 Å². The van der Waals surface area contributed by atoms with Crippen LogP contribution in [0.15, 0.2) is 42.5 Å². The van der Waals surface area contributed by atoms with Crippen molar-refractivity contribution in [3.63, 3.8) is 0 Å². The Kier molecular flexibility index (Phi) is 3.96. The highest BCUT2D eigenvalue weighted by Crippen LogP contribution is 2.29. The minimum atomic E-state index is 0.0331. The van der Waals surface area contributed by atoms with Crippen LogP contribution in [0, 0.1) is 6.92 Å². The van der Waals surface area contributed by atoms with Gasteiger partial charge in [-0.15, -0.1) is 0 Å². The lowest BCUT2D eigenvalue weighted by Gasteiger charge is -2.20. The van der Waals surface area contributed by atoms with E-state index >= 15 is 0 Å². The molecule has 0 heterocycles. The van der Waals surface area contributed by atoms with Crippen LogP contribution in [0.3, 0.4) is 0 Å². The molecule has 0 fully saturated rings. The van der Waals surface area contributed by atoms with E-state index in [0.717, 1.165) is 11.1 Å². The van der Waals surface area contributed by atoms with Crippen LogP contribution in [0.1, 0.15) is 43.0 Å². The Balaban J connectivity index is 2.46. The van der Waals surface area contributed by atoms with Gasteiger partial charge in [-0.1, -0.05) is 68.9 Å². The summed E-state index contributed by atoms with van der Waals surface area (Å²) in [5, 5.41) is 10.1. The van der Waals surface area contributed by atoms with E-state index < -0.39 is 0 Å². The summed E-state index contributed by atoms with van der Waals surface area (Å²) < 4.78 is 0. The van der Waals surface area contributed by atoms with Gasteiger partial charge >= 0.3 is 0 Å². The first-order chi connectivity index (χ1) is 9.29. The first-order valence-electron chi connectivity index (χ1n) is 6.74. The second kappa shape index (κ2) is 5.37. The van der Waals surface area contributed by atoms with Gasteiger partial charge in [0.25, 0.3) is 0 Å². The number of benzene rings is 2. The molecule has 1 nitrogen and oxygen atoms in total. The lowest BCUT2D eigenvalue weighted by molar-refractivity contribution is 0.473. The van der Waals surface area contributed by atoms with Crippen LogP contribution in [0.5, 0.6) is 5.75 Å². The molecule has 0 aliphatic carbocycles. The quantitative estimate of drug-likeness (QED) is 0.633. The number of hydrogen-bond donors (Lipinski definition) is 1. The zero-order chi connectivity index (χ0) is 14.9. The third-order valence-electron chi connectivity index (χ3n) is 3.42. The zero-order valence-corrected chi connectivity index (χ0v) is 13.2. The van der Waals surface area contributed by atoms with Gasteiger partial charge in [0, 0.05) is 5.56 Å². The Morgan fingerprint density at radius 2 is 1.60 bits per heavy atom. The van der Waals surface area contributed by atoms with E-state index in [0.29, 0.717) is 4.86 Å². The highest BCUT2D eigenvalue weighted by Gasteiger charge is 2.17. The van der Waals surface area contributed by atoms with Crippen molar-refractivity contribution < 1.29 is 5.11 Å². The number of phenolic OH excluding ortho intramolecular Hbond substituents is 1. The van der Waals surface area contributed by atoms with Gasteiger partial charge < -0.3 is 5.11 Å². The predicted molar refractivity (Wildman–Crippen MR) is 88.8 cm³/mol. The van der Waals surface area contributed by atoms with E-state index in [9.17, 15) is 5.11 Å². The van der Waals surface area contributed by atoms with Gasteiger partial charge in [-0.3, -0.25) is 0 Å². The van der Waals surface area contributed by atoms with Crippen LogP contribution in [0.2, 0.25) is 0 Å². The summed E-state index contributed by atoms with van der Waals surface area (Å²) in [7, 11) is 0. The van der Waals surface area contributed by atoms with E-state index in [1.807, 2.05) is 43.3 Å². The van der Waals surface area contributed by atoms with Gasteiger partial charge in [-0.2, -0.15) is 0 Å². The van der Waals surface area contributed by atoms with Gasteiger partial charge in [0.15, 0.2) is 0 Å². The summed E-state index contributed by atoms with van der Waals surface area (Å²) >= 11 is 5.54. The molecule has 0 aliphatic rings. The van der Waals surface area contributed by atoms with Crippen molar-refractivity contribution in [3.8, 4) is 5.75 Å². The smallest absolute Gasteiger partial charge is 0.124 e. The zero-order valence-electron chi connectivity index (χ0n) is 12.4. The summed E-state index contributed by atoms with van der Waals surface area (Å²) in [4.78, 5) is 0.689. The number of rotatable bonds is 2. The Hall–Kier alpha value is -1.67. The maximum atomic E-state index is 10.1. The fraction of sp³-hybridized carbons (Fsp3) is 0.278. The molecule has 104 valence electrons. The molecule has 0 unspecified atom stereocenters. The second-order valence-electron chi connectivity index (χ2n) is 6.18. The normalized spacial score (nSPS) is 11.4. The highest BCUT2D eigenvalue weighted by atomic mass is 32.1. The van der Waals surface area contributed by atoms with Crippen molar-refractivity contribution in [1.29, 1.82) is 0 Å². The third-order valence-corrected chi connectivity index (χ3v) is 3.88. The molecule has 20 heavy (non-hydrogen) atoms. The average Bonchev–Trinajstić information content (AvgIpc) is 2.38. The molecule has 2 aromatic carbocycles. The highest BCUT2D eigenvalue weighted by molar-refractivity contribution is 7.81. The Bertz CT molecular complexity index is 633.